The molecule has 0 saturated carbocycles. The fourth-order valence-corrected chi connectivity index (χ4v) is 3.01. The lowest BCUT2D eigenvalue weighted by Gasteiger charge is -2.35. The average Bonchev–Trinajstić information content (AvgIpc) is 2.55. The van der Waals surface area contributed by atoms with Gasteiger partial charge in [0.2, 0.25) is 0 Å². The van der Waals surface area contributed by atoms with Crippen LogP contribution >= 0.6 is 0 Å². The van der Waals surface area contributed by atoms with Gasteiger partial charge in [0.05, 0.1) is 11.3 Å². The van der Waals surface area contributed by atoms with Crippen molar-refractivity contribution >= 4 is 5.82 Å². The van der Waals surface area contributed by atoms with Gasteiger partial charge in [-0.3, -0.25) is 0 Å². The summed E-state index contributed by atoms with van der Waals surface area (Å²) in [6.07, 6.45) is 0. The van der Waals surface area contributed by atoms with Crippen LogP contribution in [0.3, 0.4) is 0 Å². The molecule has 1 atom stereocenters. The number of aromatic nitrogens is 1. The maximum absolute atomic E-state index is 9.18. The van der Waals surface area contributed by atoms with E-state index in [0.717, 1.165) is 36.7 Å². The molecule has 2 heterocycles. The summed E-state index contributed by atoms with van der Waals surface area (Å²) >= 11 is 0. The highest BCUT2D eigenvalue weighted by Crippen LogP contribution is 2.23. The Kier molecular flexibility index (Phi) is 4.08. The summed E-state index contributed by atoms with van der Waals surface area (Å²) in [6.45, 7) is 6.64. The predicted octanol–water partition coefficient (Wildman–Crippen LogP) is 2.72. The maximum atomic E-state index is 9.18. The van der Waals surface area contributed by atoms with Crippen LogP contribution in [-0.2, 0) is 0 Å². The molecule has 0 aliphatic carbocycles. The number of rotatable bonds is 2. The molecule has 1 aromatic heterocycles. The number of nitrogens with one attached hydrogen (secondary N) is 1. The molecule has 0 amide bonds. The molecule has 3 rings (SSSR count). The van der Waals surface area contributed by atoms with Gasteiger partial charge in [0.25, 0.3) is 0 Å². The molecular formula is C18H20N4. The first kappa shape index (κ1) is 14.6. The zero-order valence-electron chi connectivity index (χ0n) is 13.0. The predicted molar refractivity (Wildman–Crippen MR) is 87.8 cm³/mol. The number of pyridine rings is 1. The number of benzene rings is 1. The van der Waals surface area contributed by atoms with Crippen LogP contribution in [0, 0.1) is 25.2 Å². The molecule has 1 aliphatic heterocycles. The van der Waals surface area contributed by atoms with Crippen LogP contribution in [0.15, 0.2) is 36.4 Å². The molecule has 1 unspecified atom stereocenters. The monoisotopic (exact) mass is 292 g/mol. The lowest BCUT2D eigenvalue weighted by atomic mass is 10.0. The Balaban J connectivity index is 1.85. The van der Waals surface area contributed by atoms with Crippen LogP contribution < -0.4 is 10.2 Å². The van der Waals surface area contributed by atoms with E-state index in [1.54, 1.807) is 0 Å². The van der Waals surface area contributed by atoms with E-state index in [9.17, 15) is 5.26 Å². The number of hydrogen-bond acceptors (Lipinski definition) is 4. The van der Waals surface area contributed by atoms with Crippen LogP contribution in [0.4, 0.5) is 5.82 Å². The molecule has 0 spiro atoms. The van der Waals surface area contributed by atoms with Gasteiger partial charge >= 0.3 is 0 Å². The van der Waals surface area contributed by atoms with Crippen molar-refractivity contribution in [2.75, 3.05) is 24.5 Å². The quantitative estimate of drug-likeness (QED) is 0.924. The van der Waals surface area contributed by atoms with Crippen LogP contribution in [0.1, 0.15) is 28.4 Å². The molecular weight excluding hydrogens is 272 g/mol. The van der Waals surface area contributed by atoms with Crippen LogP contribution in [-0.4, -0.2) is 24.6 Å². The first-order valence-corrected chi connectivity index (χ1v) is 7.60. The molecule has 112 valence electrons. The fourth-order valence-electron chi connectivity index (χ4n) is 3.01. The smallest absolute Gasteiger partial charge is 0.129 e. The Labute approximate surface area is 131 Å². The first-order valence-electron chi connectivity index (χ1n) is 7.60. The number of nitrogens with zero attached hydrogens (tertiary/aromatic N) is 3. The van der Waals surface area contributed by atoms with Gasteiger partial charge in [0, 0.05) is 25.7 Å². The lowest BCUT2D eigenvalue weighted by Crippen LogP contribution is -2.46. The largest absolute Gasteiger partial charge is 0.353 e. The lowest BCUT2D eigenvalue weighted by molar-refractivity contribution is 0.469. The van der Waals surface area contributed by atoms with E-state index in [-0.39, 0.29) is 0 Å². The SMILES string of the molecule is Cc1cc(N2CCNC(c3ccccc3)C2)nc(C)c1C#N. The Morgan fingerprint density at radius 2 is 2.05 bits per heavy atom. The van der Waals surface area contributed by atoms with Gasteiger partial charge in [-0.1, -0.05) is 30.3 Å². The van der Waals surface area contributed by atoms with Gasteiger partial charge in [0.15, 0.2) is 0 Å². The van der Waals surface area contributed by atoms with Crippen molar-refractivity contribution in [2.24, 2.45) is 0 Å². The summed E-state index contributed by atoms with van der Waals surface area (Å²) < 4.78 is 0. The minimum Gasteiger partial charge on any atom is -0.353 e. The van der Waals surface area contributed by atoms with E-state index in [0.29, 0.717) is 11.6 Å². The average molecular weight is 292 g/mol. The maximum Gasteiger partial charge on any atom is 0.129 e. The van der Waals surface area contributed by atoms with Crippen LogP contribution in [0.5, 0.6) is 0 Å². The molecule has 1 aliphatic rings. The molecule has 22 heavy (non-hydrogen) atoms. The standard InChI is InChI=1S/C18H20N4/c1-13-10-18(21-14(2)16(13)11-19)22-9-8-20-17(12-22)15-6-4-3-5-7-15/h3-7,10,17,20H,8-9,12H2,1-2H3. The zero-order chi connectivity index (χ0) is 15.5. The molecule has 0 radical (unpaired) electrons. The highest BCUT2D eigenvalue weighted by Gasteiger charge is 2.22. The second kappa shape index (κ2) is 6.17. The van der Waals surface area contributed by atoms with Crippen molar-refractivity contribution < 1.29 is 0 Å². The zero-order valence-corrected chi connectivity index (χ0v) is 13.0. The van der Waals surface area contributed by atoms with Crippen molar-refractivity contribution in [1.82, 2.24) is 10.3 Å². The molecule has 1 aromatic carbocycles. The summed E-state index contributed by atoms with van der Waals surface area (Å²) in [4.78, 5) is 6.93. The summed E-state index contributed by atoms with van der Waals surface area (Å²) in [6, 6.07) is 15.1. The van der Waals surface area contributed by atoms with Crippen molar-refractivity contribution in [3.8, 4) is 6.07 Å². The highest BCUT2D eigenvalue weighted by atomic mass is 15.2. The number of piperazine rings is 1. The number of nitriles is 1. The Morgan fingerprint density at radius 1 is 1.27 bits per heavy atom. The van der Waals surface area contributed by atoms with Crippen molar-refractivity contribution in [1.29, 1.82) is 5.26 Å². The first-order chi connectivity index (χ1) is 10.7. The van der Waals surface area contributed by atoms with E-state index in [1.165, 1.54) is 5.56 Å². The molecule has 1 saturated heterocycles. The second-order valence-corrected chi connectivity index (χ2v) is 5.73. The van der Waals surface area contributed by atoms with Crippen LogP contribution in [0.25, 0.3) is 0 Å². The summed E-state index contributed by atoms with van der Waals surface area (Å²) in [5.41, 5.74) is 3.81. The Hall–Kier alpha value is -2.38. The van der Waals surface area contributed by atoms with E-state index in [4.69, 9.17) is 0 Å². The van der Waals surface area contributed by atoms with Gasteiger partial charge in [0.1, 0.15) is 11.9 Å². The Bertz CT molecular complexity index is 680. The molecule has 1 fully saturated rings. The van der Waals surface area contributed by atoms with Crippen molar-refractivity contribution in [3.05, 3.63) is 58.8 Å². The van der Waals surface area contributed by atoms with Crippen LogP contribution in [0.2, 0.25) is 0 Å². The normalized spacial score (nSPS) is 18.0. The number of aryl methyl sites for hydroxylation is 2. The van der Waals surface area contributed by atoms with E-state index >= 15 is 0 Å². The van der Waals surface area contributed by atoms with E-state index in [1.807, 2.05) is 26.0 Å². The van der Waals surface area contributed by atoms with E-state index in [2.05, 4.69) is 45.5 Å². The summed E-state index contributed by atoms with van der Waals surface area (Å²) in [5, 5.41) is 12.7. The summed E-state index contributed by atoms with van der Waals surface area (Å²) in [7, 11) is 0. The summed E-state index contributed by atoms with van der Waals surface area (Å²) in [5.74, 6) is 0.969. The molecule has 4 nitrogen and oxygen atoms in total. The van der Waals surface area contributed by atoms with Gasteiger partial charge in [-0.15, -0.1) is 0 Å². The minimum atomic E-state index is 0.313. The van der Waals surface area contributed by atoms with Crippen molar-refractivity contribution in [2.45, 2.75) is 19.9 Å². The third kappa shape index (κ3) is 2.81. The fraction of sp³-hybridized carbons (Fsp3) is 0.333. The number of hydrogen-bond donors (Lipinski definition) is 1. The Morgan fingerprint density at radius 3 is 2.73 bits per heavy atom. The molecule has 0 bridgehead atoms. The van der Waals surface area contributed by atoms with Crippen molar-refractivity contribution in [3.63, 3.8) is 0 Å². The minimum absolute atomic E-state index is 0.313. The molecule has 4 heteroatoms. The topological polar surface area (TPSA) is 52.0 Å². The van der Waals surface area contributed by atoms with E-state index < -0.39 is 0 Å². The third-order valence-corrected chi connectivity index (χ3v) is 4.20. The van der Waals surface area contributed by atoms with Gasteiger partial charge in [-0.2, -0.15) is 5.26 Å². The highest BCUT2D eigenvalue weighted by molar-refractivity contribution is 5.50. The molecule has 2 aromatic rings. The third-order valence-electron chi connectivity index (χ3n) is 4.20. The number of anilines is 1. The molecule has 1 N–H and O–H groups in total. The van der Waals surface area contributed by atoms with Gasteiger partial charge in [-0.05, 0) is 31.0 Å². The van der Waals surface area contributed by atoms with Gasteiger partial charge in [-0.25, -0.2) is 4.98 Å². The van der Waals surface area contributed by atoms with Gasteiger partial charge < -0.3 is 10.2 Å². The second-order valence-electron chi connectivity index (χ2n) is 5.73.